The Kier molecular flexibility index (Phi) is 7.10. The van der Waals surface area contributed by atoms with Crippen molar-refractivity contribution in [3.8, 4) is 38.9 Å². The highest BCUT2D eigenvalue weighted by atomic mass is 32.2. The van der Waals surface area contributed by atoms with Crippen LogP contribution in [-0.2, 0) is 10.0 Å². The van der Waals surface area contributed by atoms with E-state index < -0.39 is 10.0 Å². The molecule has 12 heteroatoms. The van der Waals surface area contributed by atoms with E-state index in [9.17, 15) is 13.2 Å². The molecule has 0 aliphatic carbocycles. The molecule has 4 aromatic heterocycles. The Balaban J connectivity index is 1.64. The molecule has 0 saturated heterocycles. The lowest BCUT2D eigenvalue weighted by atomic mass is 9.98. The van der Waals surface area contributed by atoms with Gasteiger partial charge in [0.05, 0.1) is 34.9 Å². The van der Waals surface area contributed by atoms with Crippen LogP contribution in [0.1, 0.15) is 15.9 Å². The maximum absolute atomic E-state index is 13.3. The lowest BCUT2D eigenvalue weighted by Gasteiger charge is -2.21. The molecule has 218 valence electrons. The van der Waals surface area contributed by atoms with Crippen molar-refractivity contribution < 1.29 is 22.4 Å². The van der Waals surface area contributed by atoms with E-state index in [1.54, 1.807) is 31.6 Å². The highest BCUT2D eigenvalue weighted by Crippen LogP contribution is 2.43. The number of aromatic nitrogens is 3. The number of benzene rings is 2. The van der Waals surface area contributed by atoms with Crippen LogP contribution in [0.3, 0.4) is 0 Å². The van der Waals surface area contributed by atoms with Gasteiger partial charge >= 0.3 is 0 Å². The van der Waals surface area contributed by atoms with Crippen molar-refractivity contribution in [1.82, 2.24) is 20.3 Å². The Morgan fingerprint density at radius 3 is 2.49 bits per heavy atom. The molecule has 0 aliphatic rings. The van der Waals surface area contributed by atoms with E-state index in [-0.39, 0.29) is 5.91 Å². The van der Waals surface area contributed by atoms with Crippen LogP contribution in [0.5, 0.6) is 5.88 Å². The number of pyridine rings is 2. The molecule has 2 aromatic carbocycles. The van der Waals surface area contributed by atoms with Gasteiger partial charge in [0.2, 0.25) is 15.9 Å². The van der Waals surface area contributed by atoms with Crippen LogP contribution in [0.25, 0.3) is 54.3 Å². The average Bonchev–Trinajstić information content (AvgIpc) is 3.61. The second-order valence-electron chi connectivity index (χ2n) is 9.97. The third-order valence-corrected chi connectivity index (χ3v) is 9.40. The molecule has 6 aromatic rings. The largest absolute Gasteiger partial charge is 0.480 e. The van der Waals surface area contributed by atoms with Crippen molar-refractivity contribution in [3.63, 3.8) is 0 Å². The molecule has 0 fully saturated rings. The predicted molar refractivity (Wildman–Crippen MR) is 169 cm³/mol. The summed E-state index contributed by atoms with van der Waals surface area (Å²) in [6.07, 6.45) is 4.41. The van der Waals surface area contributed by atoms with Crippen LogP contribution in [-0.4, -0.2) is 56.7 Å². The van der Waals surface area contributed by atoms with Gasteiger partial charge in [0.15, 0.2) is 5.65 Å². The van der Waals surface area contributed by atoms with Crippen LogP contribution in [0.2, 0.25) is 0 Å². The number of methoxy groups -OCH3 is 1. The maximum atomic E-state index is 13.3. The van der Waals surface area contributed by atoms with Gasteiger partial charge in [-0.05, 0) is 31.2 Å². The van der Waals surface area contributed by atoms with Gasteiger partial charge in [-0.15, -0.1) is 11.3 Å². The number of nitrogens with one attached hydrogen (secondary N) is 1. The first kappa shape index (κ1) is 28.3. The second-order valence-corrected chi connectivity index (χ2v) is 13.0. The van der Waals surface area contributed by atoms with Gasteiger partial charge in [-0.1, -0.05) is 29.8 Å². The molecule has 10 nitrogen and oxygen atoms in total. The highest BCUT2D eigenvalue weighted by Gasteiger charge is 2.26. The number of amides is 1. The third-order valence-electron chi connectivity index (χ3n) is 7.16. The van der Waals surface area contributed by atoms with Gasteiger partial charge in [-0.3, -0.25) is 9.10 Å². The minimum Gasteiger partial charge on any atom is -0.480 e. The summed E-state index contributed by atoms with van der Waals surface area (Å²) in [6.45, 7) is 1.98. The van der Waals surface area contributed by atoms with E-state index in [0.717, 1.165) is 22.1 Å². The molecule has 6 rings (SSSR count). The number of carbonyl (C=O) groups excluding carboxylic acids is 1. The van der Waals surface area contributed by atoms with E-state index in [4.69, 9.17) is 9.15 Å². The van der Waals surface area contributed by atoms with Gasteiger partial charge in [0.1, 0.15) is 16.4 Å². The van der Waals surface area contributed by atoms with Crippen molar-refractivity contribution in [1.29, 1.82) is 0 Å². The zero-order valence-corrected chi connectivity index (χ0v) is 25.6. The summed E-state index contributed by atoms with van der Waals surface area (Å²) in [4.78, 5) is 26.8. The molecule has 0 bridgehead atoms. The number of hydrogen-bond acceptors (Lipinski definition) is 9. The van der Waals surface area contributed by atoms with Gasteiger partial charge in [-0.2, -0.15) is 0 Å². The molecule has 1 amide bonds. The Morgan fingerprint density at radius 1 is 1.05 bits per heavy atom. The molecule has 1 N–H and O–H groups in total. The van der Waals surface area contributed by atoms with Crippen LogP contribution in [0, 0.1) is 6.92 Å². The number of anilines is 1. The number of sulfonamides is 1. The summed E-state index contributed by atoms with van der Waals surface area (Å²) in [5, 5.41) is 3.89. The van der Waals surface area contributed by atoms with Crippen LogP contribution in [0.4, 0.5) is 5.69 Å². The highest BCUT2D eigenvalue weighted by molar-refractivity contribution is 7.92. The number of carbonyl (C=O) groups is 1. The van der Waals surface area contributed by atoms with Crippen LogP contribution in [0.15, 0.2) is 71.4 Å². The number of ether oxygens (including phenoxy) is 1. The predicted octanol–water partition coefficient (Wildman–Crippen LogP) is 5.91. The molecule has 0 spiro atoms. The fourth-order valence-corrected chi connectivity index (χ4v) is 6.30. The summed E-state index contributed by atoms with van der Waals surface area (Å²) >= 11 is 1.44. The number of thiazole rings is 1. The molecule has 0 radical (unpaired) electrons. The summed E-state index contributed by atoms with van der Waals surface area (Å²) in [6, 6.07) is 16.7. The molecule has 0 atom stereocenters. The first-order valence-corrected chi connectivity index (χ1v) is 15.9. The van der Waals surface area contributed by atoms with E-state index in [0.29, 0.717) is 61.2 Å². The van der Waals surface area contributed by atoms with Gasteiger partial charge in [0, 0.05) is 54.6 Å². The molecule has 43 heavy (non-hydrogen) atoms. The number of nitrogens with zero attached hydrogens (tertiary/aromatic N) is 4. The molecule has 0 saturated carbocycles. The molecule has 4 heterocycles. The quantitative estimate of drug-likeness (QED) is 0.236. The van der Waals surface area contributed by atoms with E-state index in [2.05, 4.69) is 20.3 Å². The van der Waals surface area contributed by atoms with Gasteiger partial charge in [0.25, 0.3) is 5.91 Å². The summed E-state index contributed by atoms with van der Waals surface area (Å²) in [7, 11) is 0.875. The number of aryl methyl sites for hydroxylation is 1. The van der Waals surface area contributed by atoms with E-state index >= 15 is 0 Å². The van der Waals surface area contributed by atoms with Crippen molar-refractivity contribution in [2.45, 2.75) is 6.92 Å². The average molecular weight is 614 g/mol. The standard InChI is InChI=1S/C31H27N5O5S2/c1-17-8-10-18(11-9-17)27-26(29(37)32-2)21-14-20(23(15-24(21)41-27)36(3)43(5,38)39)19-13-22(30(40-4)34-16-19)31-35-28-25(42-31)7-6-12-33-28/h6-16H,1-5H3,(H,32,37). The van der Waals surface area contributed by atoms with E-state index in [1.165, 1.54) is 29.8 Å². The summed E-state index contributed by atoms with van der Waals surface area (Å²) in [5.74, 6) is 0.410. The Bertz CT molecular complexity index is 2100. The topological polar surface area (TPSA) is 128 Å². The number of fused-ring (bicyclic) bond motifs is 2. The first-order chi connectivity index (χ1) is 20.6. The zero-order valence-electron chi connectivity index (χ0n) is 24.0. The Morgan fingerprint density at radius 2 is 1.81 bits per heavy atom. The minimum absolute atomic E-state index is 0.333. The van der Waals surface area contributed by atoms with E-state index in [1.807, 2.05) is 49.4 Å². The normalized spacial score (nSPS) is 11.7. The molecular formula is C31H27N5O5S2. The minimum atomic E-state index is -3.68. The van der Waals surface area contributed by atoms with Gasteiger partial charge < -0.3 is 14.5 Å². The first-order valence-electron chi connectivity index (χ1n) is 13.2. The Hall–Kier alpha value is -4.81. The van der Waals surface area contributed by atoms with Crippen molar-refractivity contribution in [3.05, 3.63) is 78.1 Å². The molecular weight excluding hydrogens is 587 g/mol. The summed E-state index contributed by atoms with van der Waals surface area (Å²) in [5.41, 5.74) is 5.18. The number of rotatable bonds is 7. The number of furan rings is 1. The van der Waals surface area contributed by atoms with Crippen LogP contribution < -0.4 is 14.4 Å². The molecule has 0 unspecified atom stereocenters. The SMILES string of the molecule is CNC(=O)c1c(-c2ccc(C)cc2)oc2cc(N(C)S(C)(=O)=O)c(-c3cnc(OC)c(-c4nc5ncccc5s4)c3)cc12. The maximum Gasteiger partial charge on any atom is 0.255 e. The fraction of sp³-hybridized carbons (Fsp3) is 0.161. The van der Waals surface area contributed by atoms with Gasteiger partial charge in [-0.25, -0.2) is 23.4 Å². The third kappa shape index (κ3) is 5.08. The smallest absolute Gasteiger partial charge is 0.255 e. The van der Waals surface area contributed by atoms with Crippen molar-refractivity contribution >= 4 is 54.3 Å². The lowest BCUT2D eigenvalue weighted by molar-refractivity contribution is 0.0964. The van der Waals surface area contributed by atoms with Crippen LogP contribution >= 0.6 is 11.3 Å². The summed E-state index contributed by atoms with van der Waals surface area (Å²) < 4.78 is 39.5. The fourth-order valence-electron chi connectivity index (χ4n) is 4.86. The monoisotopic (exact) mass is 613 g/mol. The van der Waals surface area contributed by atoms with Crippen molar-refractivity contribution in [2.24, 2.45) is 0 Å². The lowest BCUT2D eigenvalue weighted by Crippen LogP contribution is -2.25. The second kappa shape index (κ2) is 10.8. The Labute approximate surface area is 252 Å². The zero-order chi connectivity index (χ0) is 30.5. The van der Waals surface area contributed by atoms with Crippen molar-refractivity contribution in [2.75, 3.05) is 31.8 Å². The molecule has 0 aliphatic heterocycles. The number of hydrogen-bond donors (Lipinski definition) is 1.